The van der Waals surface area contributed by atoms with E-state index in [2.05, 4.69) is 5.32 Å². The lowest BCUT2D eigenvalue weighted by Gasteiger charge is -2.29. The molecule has 1 unspecified atom stereocenters. The molecule has 3 N–H and O–H groups in total. The van der Waals surface area contributed by atoms with Crippen LogP contribution in [0.5, 0.6) is 5.75 Å². The smallest absolute Gasteiger partial charge is 0.303 e. The van der Waals surface area contributed by atoms with E-state index in [0.29, 0.717) is 12.0 Å². The zero-order valence-electron chi connectivity index (χ0n) is 22.9. The van der Waals surface area contributed by atoms with Gasteiger partial charge in [-0.15, -0.1) is 0 Å². The summed E-state index contributed by atoms with van der Waals surface area (Å²) in [6.07, 6.45) is 0.238. The van der Waals surface area contributed by atoms with Gasteiger partial charge in [0.05, 0.1) is 18.1 Å². The van der Waals surface area contributed by atoms with Crippen LogP contribution in [-0.4, -0.2) is 67.8 Å². The number of sulfonamides is 1. The van der Waals surface area contributed by atoms with Crippen molar-refractivity contribution in [3.63, 3.8) is 0 Å². The summed E-state index contributed by atoms with van der Waals surface area (Å²) in [6, 6.07) is 21.9. The van der Waals surface area contributed by atoms with Crippen molar-refractivity contribution in [2.45, 2.75) is 49.6 Å². The topological polar surface area (TPSA) is 116 Å². The highest BCUT2D eigenvalue weighted by Gasteiger charge is 2.25. The van der Waals surface area contributed by atoms with Gasteiger partial charge in [-0.05, 0) is 73.2 Å². The van der Waals surface area contributed by atoms with E-state index in [9.17, 15) is 18.3 Å². The van der Waals surface area contributed by atoms with Crippen molar-refractivity contribution in [2.24, 2.45) is 0 Å². The second kappa shape index (κ2) is 13.2. The normalized spacial score (nSPS) is 12.9. The number of ether oxygens (including phenoxy) is 1. The molecule has 9 heteroatoms. The molecule has 0 aliphatic rings. The van der Waals surface area contributed by atoms with Crippen LogP contribution in [0.25, 0.3) is 11.1 Å². The molecule has 0 aliphatic carbocycles. The summed E-state index contributed by atoms with van der Waals surface area (Å²) in [4.78, 5) is 11.0. The Morgan fingerprint density at radius 2 is 1.64 bits per heavy atom. The minimum atomic E-state index is -3.85. The van der Waals surface area contributed by atoms with Crippen LogP contribution in [0, 0.1) is 0 Å². The summed E-state index contributed by atoms with van der Waals surface area (Å²) in [7, 11) is -0.765. The Kier molecular flexibility index (Phi) is 10.3. The Labute approximate surface area is 231 Å². The maximum absolute atomic E-state index is 13.3. The van der Waals surface area contributed by atoms with Crippen LogP contribution in [0.2, 0.25) is 0 Å². The van der Waals surface area contributed by atoms with Gasteiger partial charge in [-0.2, -0.15) is 4.31 Å². The maximum atomic E-state index is 13.3. The molecule has 0 aromatic heterocycles. The first-order chi connectivity index (χ1) is 18.4. The highest BCUT2D eigenvalue weighted by molar-refractivity contribution is 7.89. The Morgan fingerprint density at radius 3 is 2.28 bits per heavy atom. The lowest BCUT2D eigenvalue weighted by molar-refractivity contribution is -0.136. The van der Waals surface area contributed by atoms with Gasteiger partial charge in [-0.1, -0.05) is 48.5 Å². The van der Waals surface area contributed by atoms with Gasteiger partial charge in [0.1, 0.15) is 5.75 Å². The summed E-state index contributed by atoms with van der Waals surface area (Å²) in [6.45, 7) is 4.23. The number of nitrogens with zero attached hydrogens (tertiary/aromatic N) is 1. The first-order valence-electron chi connectivity index (χ1n) is 12.8. The van der Waals surface area contributed by atoms with Crippen LogP contribution < -0.4 is 10.1 Å². The number of aryl methyl sites for hydroxylation is 1. The molecular formula is C30H38N2O6S. The molecule has 210 valence electrons. The summed E-state index contributed by atoms with van der Waals surface area (Å²) in [5.41, 5.74) is 3.19. The fourth-order valence-electron chi connectivity index (χ4n) is 4.34. The average Bonchev–Trinajstić information content (AvgIpc) is 2.91. The molecule has 0 fully saturated rings. The van der Waals surface area contributed by atoms with Gasteiger partial charge in [-0.25, -0.2) is 8.42 Å². The van der Waals surface area contributed by atoms with Gasteiger partial charge < -0.3 is 20.3 Å². The molecule has 8 nitrogen and oxygen atoms in total. The zero-order chi connectivity index (χ0) is 28.6. The quantitative estimate of drug-likeness (QED) is 0.276. The molecular weight excluding hydrogens is 516 g/mol. The molecule has 0 saturated heterocycles. The number of methoxy groups -OCH3 is 1. The number of aliphatic hydroxyl groups excluding tert-OH is 1. The number of carboxylic acids is 1. The van der Waals surface area contributed by atoms with Crippen molar-refractivity contribution in [2.75, 3.05) is 27.2 Å². The van der Waals surface area contributed by atoms with Gasteiger partial charge in [0.2, 0.25) is 10.0 Å². The highest BCUT2D eigenvalue weighted by Crippen LogP contribution is 2.25. The molecule has 3 aromatic rings. The minimum Gasteiger partial charge on any atom is -0.497 e. The van der Waals surface area contributed by atoms with Crippen LogP contribution >= 0.6 is 0 Å². The molecule has 0 heterocycles. The third-order valence-corrected chi connectivity index (χ3v) is 8.34. The summed E-state index contributed by atoms with van der Waals surface area (Å²) >= 11 is 0. The Balaban J connectivity index is 1.62. The first kappa shape index (κ1) is 30.3. The second-order valence-electron chi connectivity index (χ2n) is 10.4. The third kappa shape index (κ3) is 8.90. The first-order valence-corrected chi connectivity index (χ1v) is 14.3. The van der Waals surface area contributed by atoms with Crippen molar-refractivity contribution < 1.29 is 28.2 Å². The predicted octanol–water partition coefficient (Wildman–Crippen LogP) is 3.97. The zero-order valence-corrected chi connectivity index (χ0v) is 23.7. The van der Waals surface area contributed by atoms with E-state index in [1.165, 1.54) is 13.1 Å². The second-order valence-corrected chi connectivity index (χ2v) is 12.4. The molecule has 1 atom stereocenters. The number of nitrogens with one attached hydrogen (secondary N) is 1. The molecule has 0 saturated carbocycles. The van der Waals surface area contributed by atoms with Crippen molar-refractivity contribution in [1.29, 1.82) is 0 Å². The van der Waals surface area contributed by atoms with Gasteiger partial charge in [0.25, 0.3) is 0 Å². The number of hydrogen-bond donors (Lipinski definition) is 3. The lowest BCUT2D eigenvalue weighted by atomic mass is 9.94. The highest BCUT2D eigenvalue weighted by atomic mass is 32.2. The minimum absolute atomic E-state index is 0.0263. The third-order valence-electron chi connectivity index (χ3n) is 6.52. The van der Waals surface area contributed by atoms with E-state index in [0.717, 1.165) is 33.2 Å². The van der Waals surface area contributed by atoms with E-state index in [1.807, 2.05) is 68.4 Å². The standard InChI is InChI=1S/C30H38N2O6S/c1-30(2,19-23-11-14-27(38-4)15-12-23)31-20-26(33)21-32(3)39(36,37)28-10-6-9-25(18-28)24-8-5-7-22(17-24)13-16-29(34)35/h5-12,14-15,17-18,26,31,33H,13,16,19-21H2,1-4H3,(H,34,35). The van der Waals surface area contributed by atoms with Crippen LogP contribution in [0.15, 0.2) is 77.7 Å². The largest absolute Gasteiger partial charge is 0.497 e. The fraction of sp³-hybridized carbons (Fsp3) is 0.367. The van der Waals surface area contributed by atoms with Gasteiger partial charge in [0.15, 0.2) is 0 Å². The number of aliphatic hydroxyl groups is 1. The molecule has 0 amide bonds. The van der Waals surface area contributed by atoms with E-state index >= 15 is 0 Å². The SMILES string of the molecule is COc1ccc(CC(C)(C)NCC(O)CN(C)S(=O)(=O)c2cccc(-c3cccc(CCC(=O)O)c3)c2)cc1. The van der Waals surface area contributed by atoms with Crippen LogP contribution in [0.3, 0.4) is 0 Å². The van der Waals surface area contributed by atoms with Crippen LogP contribution in [0.4, 0.5) is 0 Å². The van der Waals surface area contributed by atoms with E-state index in [-0.39, 0.29) is 29.9 Å². The van der Waals surface area contributed by atoms with Crippen molar-refractivity contribution in [1.82, 2.24) is 9.62 Å². The molecule has 0 radical (unpaired) electrons. The van der Waals surface area contributed by atoms with Crippen molar-refractivity contribution in [3.05, 3.63) is 83.9 Å². The van der Waals surface area contributed by atoms with Gasteiger partial charge >= 0.3 is 5.97 Å². The number of rotatable bonds is 14. The van der Waals surface area contributed by atoms with Crippen LogP contribution in [0.1, 0.15) is 31.4 Å². The van der Waals surface area contributed by atoms with E-state index < -0.39 is 22.1 Å². The molecule has 3 aromatic carbocycles. The average molecular weight is 555 g/mol. The molecule has 39 heavy (non-hydrogen) atoms. The molecule has 0 spiro atoms. The molecule has 0 bridgehead atoms. The number of aliphatic carboxylic acids is 1. The number of benzene rings is 3. The Morgan fingerprint density at radius 1 is 1.00 bits per heavy atom. The number of likely N-dealkylation sites (N-methyl/N-ethyl adjacent to an activating group) is 1. The fourth-order valence-corrected chi connectivity index (χ4v) is 5.60. The molecule has 3 rings (SSSR count). The Bertz CT molecular complexity index is 1360. The number of carbonyl (C=O) groups is 1. The van der Waals surface area contributed by atoms with Crippen molar-refractivity contribution >= 4 is 16.0 Å². The number of β-amino-alcohol motifs (C(OH)–C–C–N with tert-alkyl or cyclic N) is 1. The Hall–Kier alpha value is -3.24. The number of hydrogen-bond acceptors (Lipinski definition) is 6. The van der Waals surface area contributed by atoms with E-state index in [1.54, 1.807) is 19.2 Å². The lowest BCUT2D eigenvalue weighted by Crippen LogP contribution is -2.47. The van der Waals surface area contributed by atoms with Gasteiger partial charge in [-0.3, -0.25) is 4.79 Å². The van der Waals surface area contributed by atoms with Crippen molar-refractivity contribution in [3.8, 4) is 16.9 Å². The summed E-state index contributed by atoms with van der Waals surface area (Å²) in [5.74, 6) is -0.0753. The summed E-state index contributed by atoms with van der Waals surface area (Å²) in [5, 5.41) is 23.0. The monoisotopic (exact) mass is 554 g/mol. The van der Waals surface area contributed by atoms with Gasteiger partial charge in [0, 0.05) is 32.1 Å². The predicted molar refractivity (Wildman–Crippen MR) is 152 cm³/mol. The molecule has 0 aliphatic heterocycles. The van der Waals surface area contributed by atoms with Crippen LogP contribution in [-0.2, 0) is 27.7 Å². The summed E-state index contributed by atoms with van der Waals surface area (Å²) < 4.78 is 33.0. The maximum Gasteiger partial charge on any atom is 0.303 e. The van der Waals surface area contributed by atoms with E-state index in [4.69, 9.17) is 9.84 Å². The number of carboxylic acid groups (broad SMARTS) is 1.